The third kappa shape index (κ3) is 3.69. The first-order valence-electron chi connectivity index (χ1n) is 6.22. The Morgan fingerprint density at radius 1 is 1.35 bits per heavy atom. The zero-order valence-electron chi connectivity index (χ0n) is 10.7. The van der Waals surface area contributed by atoms with Gasteiger partial charge in [-0.1, -0.05) is 11.6 Å². The first kappa shape index (κ1) is 15.2. The molecule has 0 aliphatic carbocycles. The minimum Gasteiger partial charge on any atom is -0.324 e. The van der Waals surface area contributed by atoms with E-state index in [1.165, 1.54) is 18.2 Å². The van der Waals surface area contributed by atoms with Crippen LogP contribution in [0.5, 0.6) is 0 Å². The number of amides is 1. The van der Waals surface area contributed by atoms with Gasteiger partial charge in [-0.2, -0.15) is 0 Å². The van der Waals surface area contributed by atoms with Gasteiger partial charge in [-0.15, -0.1) is 0 Å². The molecule has 8 heteroatoms. The molecule has 1 aliphatic rings. The van der Waals surface area contributed by atoms with E-state index in [9.17, 15) is 13.2 Å². The molecule has 6 nitrogen and oxygen atoms in total. The number of sulfonamides is 1. The summed E-state index contributed by atoms with van der Waals surface area (Å²) in [7, 11) is -3.82. The average Bonchev–Trinajstić information content (AvgIpc) is 2.41. The molecule has 0 radical (unpaired) electrons. The fourth-order valence-electron chi connectivity index (χ4n) is 2.10. The molecule has 4 N–H and O–H groups in total. The van der Waals surface area contributed by atoms with E-state index in [1.807, 2.05) is 0 Å². The Labute approximate surface area is 122 Å². The number of primary sulfonamides is 1. The van der Waals surface area contributed by atoms with Gasteiger partial charge in [0.15, 0.2) is 0 Å². The lowest BCUT2D eigenvalue weighted by atomic mass is 9.97. The summed E-state index contributed by atoms with van der Waals surface area (Å²) >= 11 is 5.97. The van der Waals surface area contributed by atoms with Gasteiger partial charge in [0.2, 0.25) is 15.9 Å². The van der Waals surface area contributed by atoms with Crippen molar-refractivity contribution in [3.63, 3.8) is 0 Å². The summed E-state index contributed by atoms with van der Waals surface area (Å²) in [5, 5.41) is 11.2. The van der Waals surface area contributed by atoms with Crippen molar-refractivity contribution in [2.75, 3.05) is 18.4 Å². The highest BCUT2D eigenvalue weighted by molar-refractivity contribution is 7.89. The first-order chi connectivity index (χ1) is 9.38. The second kappa shape index (κ2) is 6.09. The Morgan fingerprint density at radius 3 is 2.60 bits per heavy atom. The first-order valence-corrected chi connectivity index (χ1v) is 8.14. The molecule has 0 aromatic heterocycles. The predicted octanol–water partition coefficient (Wildman–Crippen LogP) is 0.925. The van der Waals surface area contributed by atoms with Crippen LogP contribution in [0.2, 0.25) is 5.02 Å². The number of hydrogen-bond donors (Lipinski definition) is 3. The smallest absolute Gasteiger partial charge is 0.238 e. The quantitative estimate of drug-likeness (QED) is 0.771. The molecule has 0 spiro atoms. The standard InChI is InChI=1S/C12H16ClN3O3S/c13-10-2-1-9(20(14,18)19)7-11(10)16-12(17)8-3-5-15-6-4-8/h1-2,7-8,15H,3-6H2,(H,16,17)(H2,14,18,19). The molecule has 1 saturated heterocycles. The maximum atomic E-state index is 12.1. The Morgan fingerprint density at radius 2 is 2.00 bits per heavy atom. The van der Waals surface area contributed by atoms with Gasteiger partial charge in [-0.05, 0) is 44.1 Å². The van der Waals surface area contributed by atoms with Gasteiger partial charge < -0.3 is 10.6 Å². The van der Waals surface area contributed by atoms with Gasteiger partial charge in [0, 0.05) is 5.92 Å². The lowest BCUT2D eigenvalue weighted by molar-refractivity contribution is -0.120. The molecule has 1 aromatic carbocycles. The van der Waals surface area contributed by atoms with Crippen LogP contribution in [-0.4, -0.2) is 27.4 Å². The highest BCUT2D eigenvalue weighted by atomic mass is 35.5. The van der Waals surface area contributed by atoms with Crippen molar-refractivity contribution in [2.24, 2.45) is 11.1 Å². The second-order valence-corrected chi connectivity index (χ2v) is 6.67. The van der Waals surface area contributed by atoms with Gasteiger partial charge in [0.1, 0.15) is 0 Å². The van der Waals surface area contributed by atoms with E-state index in [-0.39, 0.29) is 27.4 Å². The van der Waals surface area contributed by atoms with Gasteiger partial charge in [0.25, 0.3) is 0 Å². The molecule has 1 aliphatic heterocycles. The van der Waals surface area contributed by atoms with Crippen LogP contribution < -0.4 is 15.8 Å². The minimum atomic E-state index is -3.82. The highest BCUT2D eigenvalue weighted by Gasteiger charge is 2.22. The van der Waals surface area contributed by atoms with Crippen LogP contribution >= 0.6 is 11.6 Å². The lowest BCUT2D eigenvalue weighted by Gasteiger charge is -2.22. The summed E-state index contributed by atoms with van der Waals surface area (Å²) in [6.45, 7) is 1.59. The molecule has 110 valence electrons. The largest absolute Gasteiger partial charge is 0.324 e. The summed E-state index contributed by atoms with van der Waals surface area (Å²) in [6, 6.07) is 3.98. The fraction of sp³-hybridized carbons (Fsp3) is 0.417. The minimum absolute atomic E-state index is 0.0810. The highest BCUT2D eigenvalue weighted by Crippen LogP contribution is 2.26. The maximum absolute atomic E-state index is 12.1. The second-order valence-electron chi connectivity index (χ2n) is 4.70. The Hall–Kier alpha value is -1.15. The Kier molecular flexibility index (Phi) is 4.64. The molecule has 1 fully saturated rings. The summed E-state index contributed by atoms with van der Waals surface area (Å²) in [5.74, 6) is -0.245. The van der Waals surface area contributed by atoms with Crippen molar-refractivity contribution in [2.45, 2.75) is 17.7 Å². The molecule has 0 atom stereocenters. The zero-order valence-corrected chi connectivity index (χ0v) is 12.3. The molecule has 20 heavy (non-hydrogen) atoms. The van der Waals surface area contributed by atoms with E-state index in [0.29, 0.717) is 0 Å². The maximum Gasteiger partial charge on any atom is 0.238 e. The van der Waals surface area contributed by atoms with Crippen molar-refractivity contribution < 1.29 is 13.2 Å². The number of rotatable bonds is 3. The number of anilines is 1. The number of carbonyl (C=O) groups excluding carboxylic acids is 1. The summed E-state index contributed by atoms with van der Waals surface area (Å²) in [6.07, 6.45) is 1.50. The van der Waals surface area contributed by atoms with E-state index in [2.05, 4.69) is 10.6 Å². The molecule has 0 unspecified atom stereocenters. The van der Waals surface area contributed by atoms with Gasteiger partial charge in [-0.3, -0.25) is 4.79 Å². The number of hydrogen-bond acceptors (Lipinski definition) is 4. The zero-order chi connectivity index (χ0) is 14.8. The fourth-order valence-corrected chi connectivity index (χ4v) is 2.80. The lowest BCUT2D eigenvalue weighted by Crippen LogP contribution is -2.34. The molecule has 0 bridgehead atoms. The number of carbonyl (C=O) groups is 1. The topological polar surface area (TPSA) is 101 Å². The number of halogens is 1. The SMILES string of the molecule is NS(=O)(=O)c1ccc(Cl)c(NC(=O)C2CCNCC2)c1. The number of nitrogens with one attached hydrogen (secondary N) is 2. The summed E-state index contributed by atoms with van der Waals surface area (Å²) in [4.78, 5) is 12.0. The van der Waals surface area contributed by atoms with Crippen LogP contribution in [0.1, 0.15) is 12.8 Å². The van der Waals surface area contributed by atoms with Crippen LogP contribution in [0.4, 0.5) is 5.69 Å². The predicted molar refractivity (Wildman–Crippen MR) is 77.0 cm³/mol. The Bertz CT molecular complexity index is 612. The van der Waals surface area contributed by atoms with E-state index in [4.69, 9.17) is 16.7 Å². The molecule has 1 amide bonds. The van der Waals surface area contributed by atoms with Crippen molar-refractivity contribution in [3.05, 3.63) is 23.2 Å². The number of piperidine rings is 1. The van der Waals surface area contributed by atoms with Gasteiger partial charge in [0.05, 0.1) is 15.6 Å². The van der Waals surface area contributed by atoms with Crippen LogP contribution in [0.15, 0.2) is 23.1 Å². The van der Waals surface area contributed by atoms with Crippen LogP contribution in [0.25, 0.3) is 0 Å². The van der Waals surface area contributed by atoms with E-state index >= 15 is 0 Å². The van der Waals surface area contributed by atoms with Gasteiger partial charge in [-0.25, -0.2) is 13.6 Å². The summed E-state index contributed by atoms with van der Waals surface area (Å²) < 4.78 is 22.6. The molecular formula is C12H16ClN3O3S. The van der Waals surface area contributed by atoms with Crippen molar-refractivity contribution >= 4 is 33.2 Å². The van der Waals surface area contributed by atoms with E-state index < -0.39 is 10.0 Å². The molecule has 1 aromatic rings. The number of benzene rings is 1. The van der Waals surface area contributed by atoms with Crippen molar-refractivity contribution in [3.8, 4) is 0 Å². The molecule has 2 rings (SSSR count). The third-order valence-electron chi connectivity index (χ3n) is 3.23. The number of nitrogens with two attached hydrogens (primary N) is 1. The molecule has 1 heterocycles. The van der Waals surface area contributed by atoms with Crippen LogP contribution in [0, 0.1) is 5.92 Å². The van der Waals surface area contributed by atoms with Crippen molar-refractivity contribution in [1.82, 2.24) is 5.32 Å². The third-order valence-corrected chi connectivity index (χ3v) is 4.47. The van der Waals surface area contributed by atoms with Crippen molar-refractivity contribution in [1.29, 1.82) is 0 Å². The Balaban J connectivity index is 2.18. The normalized spacial score (nSPS) is 16.9. The summed E-state index contributed by atoms with van der Waals surface area (Å²) in [5.41, 5.74) is 0.265. The van der Waals surface area contributed by atoms with E-state index in [1.54, 1.807) is 0 Å². The van der Waals surface area contributed by atoms with Crippen LogP contribution in [-0.2, 0) is 14.8 Å². The molecular weight excluding hydrogens is 302 g/mol. The van der Waals surface area contributed by atoms with E-state index in [0.717, 1.165) is 25.9 Å². The monoisotopic (exact) mass is 317 g/mol. The average molecular weight is 318 g/mol. The van der Waals surface area contributed by atoms with Crippen LogP contribution in [0.3, 0.4) is 0 Å². The molecule has 0 saturated carbocycles. The van der Waals surface area contributed by atoms with Gasteiger partial charge >= 0.3 is 0 Å².